The smallest absolute Gasteiger partial charge is 0.394 e. The van der Waals surface area contributed by atoms with Gasteiger partial charge in [0.2, 0.25) is 0 Å². The Hall–Kier alpha value is -1.21. The monoisotopic (exact) mass is 269 g/mol. The summed E-state index contributed by atoms with van der Waals surface area (Å²) < 4.78 is 62.8. The molecule has 18 heavy (non-hydrogen) atoms. The normalized spacial score (nSPS) is 15.5. The summed E-state index contributed by atoms with van der Waals surface area (Å²) in [5.74, 6) is -1.68. The third kappa shape index (κ3) is 3.64. The van der Waals surface area contributed by atoms with Crippen molar-refractivity contribution in [3.63, 3.8) is 0 Å². The van der Waals surface area contributed by atoms with Gasteiger partial charge in [0.25, 0.3) is 0 Å². The lowest BCUT2D eigenvalue weighted by Crippen LogP contribution is -2.47. The Morgan fingerprint density at radius 3 is 2.33 bits per heavy atom. The van der Waals surface area contributed by atoms with Gasteiger partial charge >= 0.3 is 6.18 Å². The number of halogens is 5. The molecule has 0 aliphatic rings. The number of aliphatic hydroxyl groups is 1. The average molecular weight is 269 g/mol. The van der Waals surface area contributed by atoms with Crippen molar-refractivity contribution in [2.75, 3.05) is 13.2 Å². The van der Waals surface area contributed by atoms with Crippen LogP contribution in [-0.4, -0.2) is 24.4 Å². The molecule has 0 saturated heterocycles. The van der Waals surface area contributed by atoms with Gasteiger partial charge in [-0.3, -0.25) is 5.32 Å². The number of hydrogen-bond acceptors (Lipinski definition) is 2. The second-order valence-corrected chi connectivity index (χ2v) is 4.08. The third-order valence-corrected chi connectivity index (χ3v) is 2.52. The van der Waals surface area contributed by atoms with Gasteiger partial charge in [-0.2, -0.15) is 13.2 Å². The van der Waals surface area contributed by atoms with Crippen LogP contribution in [0.2, 0.25) is 0 Å². The van der Waals surface area contributed by atoms with Gasteiger partial charge in [0.1, 0.15) is 11.6 Å². The molecule has 0 amide bonds. The molecule has 0 fully saturated rings. The van der Waals surface area contributed by atoms with Crippen molar-refractivity contribution in [1.29, 1.82) is 0 Å². The van der Waals surface area contributed by atoms with Crippen molar-refractivity contribution >= 4 is 0 Å². The molecule has 7 heteroatoms. The molecule has 102 valence electrons. The summed E-state index contributed by atoms with van der Waals surface area (Å²) in [4.78, 5) is 0. The Morgan fingerprint density at radius 1 is 1.22 bits per heavy atom. The molecule has 2 N–H and O–H groups in total. The van der Waals surface area contributed by atoms with Gasteiger partial charge in [0.05, 0.1) is 18.7 Å². The summed E-state index contributed by atoms with van der Waals surface area (Å²) in [6.45, 7) is -1.06. The highest BCUT2D eigenvalue weighted by Gasteiger charge is 2.35. The first kappa shape index (κ1) is 14.8. The lowest BCUT2D eigenvalue weighted by atomic mass is 9.92. The fraction of sp³-hybridized carbons (Fsp3) is 0.455. The van der Waals surface area contributed by atoms with Crippen molar-refractivity contribution in [3.05, 3.63) is 35.4 Å². The first-order chi connectivity index (χ1) is 8.18. The highest BCUT2D eigenvalue weighted by Crippen LogP contribution is 2.25. The number of rotatable bonds is 4. The van der Waals surface area contributed by atoms with Gasteiger partial charge in [-0.1, -0.05) is 0 Å². The van der Waals surface area contributed by atoms with Crippen molar-refractivity contribution in [2.45, 2.75) is 18.6 Å². The minimum Gasteiger partial charge on any atom is -0.394 e. The van der Waals surface area contributed by atoms with Crippen molar-refractivity contribution < 1.29 is 27.1 Å². The Kier molecular flexibility index (Phi) is 4.28. The summed E-state index contributed by atoms with van der Waals surface area (Å²) in [6.07, 6.45) is -4.51. The van der Waals surface area contributed by atoms with Gasteiger partial charge < -0.3 is 5.11 Å². The van der Waals surface area contributed by atoms with E-state index in [4.69, 9.17) is 5.11 Å². The molecular weight excluding hydrogens is 257 g/mol. The summed E-state index contributed by atoms with van der Waals surface area (Å²) in [6, 6.07) is 2.41. The number of aliphatic hydroxyl groups excluding tert-OH is 1. The Balaban J connectivity index is 3.03. The van der Waals surface area contributed by atoms with Crippen molar-refractivity contribution in [3.8, 4) is 0 Å². The first-order valence-corrected chi connectivity index (χ1v) is 5.06. The maximum absolute atomic E-state index is 13.5. The second kappa shape index (κ2) is 5.19. The summed E-state index contributed by atoms with van der Waals surface area (Å²) >= 11 is 0. The number of hydrogen-bond donors (Lipinski definition) is 2. The van der Waals surface area contributed by atoms with Crippen molar-refractivity contribution in [2.24, 2.45) is 0 Å². The molecule has 0 heterocycles. The standard InChI is InChI=1S/C11H12F5NO/c1-10(6-18,17-5-11(14,15)16)8-4-7(12)2-3-9(8)13/h2-4,17-18H,5-6H2,1H3. The molecule has 0 spiro atoms. The van der Waals surface area contributed by atoms with E-state index in [9.17, 15) is 22.0 Å². The van der Waals surface area contributed by atoms with Gasteiger partial charge in [-0.15, -0.1) is 0 Å². The number of nitrogens with one attached hydrogen (secondary N) is 1. The van der Waals surface area contributed by atoms with E-state index in [0.29, 0.717) is 0 Å². The molecule has 1 unspecified atom stereocenters. The van der Waals surface area contributed by atoms with E-state index in [1.807, 2.05) is 5.32 Å². The topological polar surface area (TPSA) is 32.3 Å². The summed E-state index contributed by atoms with van der Waals surface area (Å²) in [7, 11) is 0. The van der Waals surface area contributed by atoms with Crippen LogP contribution in [-0.2, 0) is 5.54 Å². The van der Waals surface area contributed by atoms with E-state index in [1.165, 1.54) is 0 Å². The molecule has 0 aromatic heterocycles. The van der Waals surface area contributed by atoms with Gasteiger partial charge in [-0.05, 0) is 25.1 Å². The average Bonchev–Trinajstić information content (AvgIpc) is 2.28. The molecular formula is C11H12F5NO. The molecule has 0 saturated carbocycles. The van der Waals surface area contributed by atoms with E-state index < -0.39 is 36.5 Å². The van der Waals surface area contributed by atoms with Crippen LogP contribution in [0.1, 0.15) is 12.5 Å². The van der Waals surface area contributed by atoms with Crippen LogP contribution in [0.5, 0.6) is 0 Å². The third-order valence-electron chi connectivity index (χ3n) is 2.52. The quantitative estimate of drug-likeness (QED) is 0.822. The minimum atomic E-state index is -4.51. The largest absolute Gasteiger partial charge is 0.401 e. The van der Waals surface area contributed by atoms with Crippen LogP contribution in [0.25, 0.3) is 0 Å². The van der Waals surface area contributed by atoms with E-state index in [1.54, 1.807) is 0 Å². The van der Waals surface area contributed by atoms with Crippen LogP contribution in [0, 0.1) is 11.6 Å². The minimum absolute atomic E-state index is 0.353. The zero-order chi connectivity index (χ0) is 14.0. The summed E-state index contributed by atoms with van der Waals surface area (Å²) in [5, 5.41) is 11.1. The Morgan fingerprint density at radius 2 is 1.83 bits per heavy atom. The molecule has 1 aromatic carbocycles. The van der Waals surface area contributed by atoms with Crippen molar-refractivity contribution in [1.82, 2.24) is 5.32 Å². The molecule has 1 rings (SSSR count). The first-order valence-electron chi connectivity index (χ1n) is 5.06. The van der Waals surface area contributed by atoms with Gasteiger partial charge in [0, 0.05) is 5.56 Å². The molecule has 0 aliphatic heterocycles. The van der Waals surface area contributed by atoms with E-state index in [2.05, 4.69) is 0 Å². The van der Waals surface area contributed by atoms with Gasteiger partial charge in [-0.25, -0.2) is 8.78 Å². The Bertz CT molecular complexity index is 420. The number of alkyl halides is 3. The van der Waals surface area contributed by atoms with E-state index >= 15 is 0 Å². The summed E-state index contributed by atoms with van der Waals surface area (Å²) in [5.41, 5.74) is -2.06. The predicted octanol–water partition coefficient (Wildman–Crippen LogP) is 2.32. The lowest BCUT2D eigenvalue weighted by Gasteiger charge is -2.30. The SMILES string of the molecule is CC(CO)(NCC(F)(F)F)c1cc(F)ccc1F. The fourth-order valence-electron chi connectivity index (χ4n) is 1.45. The second-order valence-electron chi connectivity index (χ2n) is 4.08. The Labute approximate surface area is 100 Å². The molecule has 0 radical (unpaired) electrons. The van der Waals surface area contributed by atoms with Crippen LogP contribution < -0.4 is 5.32 Å². The maximum Gasteiger partial charge on any atom is 0.401 e. The predicted molar refractivity (Wildman–Crippen MR) is 54.9 cm³/mol. The van der Waals surface area contributed by atoms with Gasteiger partial charge in [0.15, 0.2) is 0 Å². The number of benzene rings is 1. The van der Waals surface area contributed by atoms with E-state index in [0.717, 1.165) is 25.1 Å². The molecule has 0 bridgehead atoms. The van der Waals surface area contributed by atoms with Crippen LogP contribution in [0.4, 0.5) is 22.0 Å². The fourth-order valence-corrected chi connectivity index (χ4v) is 1.45. The molecule has 0 aliphatic carbocycles. The van der Waals surface area contributed by atoms with E-state index in [-0.39, 0.29) is 5.56 Å². The molecule has 1 atom stereocenters. The van der Waals surface area contributed by atoms with Crippen LogP contribution >= 0.6 is 0 Å². The highest BCUT2D eigenvalue weighted by molar-refractivity contribution is 5.26. The lowest BCUT2D eigenvalue weighted by molar-refractivity contribution is -0.129. The highest BCUT2D eigenvalue weighted by atomic mass is 19.4. The van der Waals surface area contributed by atoms with Crippen LogP contribution in [0.3, 0.4) is 0 Å². The zero-order valence-electron chi connectivity index (χ0n) is 9.48. The zero-order valence-corrected chi connectivity index (χ0v) is 9.48. The molecule has 1 aromatic rings. The van der Waals surface area contributed by atoms with Crippen LogP contribution in [0.15, 0.2) is 18.2 Å². The maximum atomic E-state index is 13.5. The molecule has 2 nitrogen and oxygen atoms in total.